The van der Waals surface area contributed by atoms with Gasteiger partial charge in [-0.2, -0.15) is 10.2 Å². The summed E-state index contributed by atoms with van der Waals surface area (Å²) in [6.45, 7) is 2.08. The van der Waals surface area contributed by atoms with Crippen molar-refractivity contribution in [3.05, 3.63) is 121 Å². The summed E-state index contributed by atoms with van der Waals surface area (Å²) in [6, 6.07) is 28.8. The van der Waals surface area contributed by atoms with Crippen LogP contribution >= 0.6 is 0 Å². The highest BCUT2D eigenvalue weighted by Gasteiger charge is 2.04. The van der Waals surface area contributed by atoms with Crippen LogP contribution in [-0.2, 0) is 13.1 Å². The predicted molar refractivity (Wildman–Crippen MR) is 157 cm³/mol. The Morgan fingerprint density at radius 3 is 1.26 bits per heavy atom. The van der Waals surface area contributed by atoms with Gasteiger partial charge in [-0.05, 0) is 37.1 Å². The smallest absolute Gasteiger partial charge is 0.169 e. The second-order valence-electron chi connectivity index (χ2n) is 9.36. The van der Waals surface area contributed by atoms with Crippen LogP contribution in [0.15, 0.2) is 120 Å². The highest BCUT2D eigenvalue weighted by atomic mass is 15.4. The van der Waals surface area contributed by atoms with Gasteiger partial charge in [0.2, 0.25) is 0 Å². The summed E-state index contributed by atoms with van der Waals surface area (Å²) < 4.78 is 4.50. The highest BCUT2D eigenvalue weighted by Crippen LogP contribution is 2.12. The fraction of sp³-hybridized carbons (Fsp3) is 0.250. The molecule has 0 atom stereocenters. The van der Waals surface area contributed by atoms with Crippen LogP contribution in [0.2, 0.25) is 0 Å². The molecule has 38 heavy (non-hydrogen) atoms. The Morgan fingerprint density at radius 2 is 0.895 bits per heavy atom. The SMILES string of the molecule is CN(N=Cc1cc[n+](CCCCCC[n+]2ccc(C=NN(C)c3ccccc3)cc2)cc1)c1ccccc1. The number of pyridine rings is 2. The zero-order valence-electron chi connectivity index (χ0n) is 22.5. The maximum atomic E-state index is 4.54. The van der Waals surface area contributed by atoms with Crippen molar-refractivity contribution in [2.24, 2.45) is 10.2 Å². The minimum atomic E-state index is 1.04. The van der Waals surface area contributed by atoms with Gasteiger partial charge in [-0.1, -0.05) is 36.4 Å². The van der Waals surface area contributed by atoms with E-state index in [1.807, 2.05) is 97.2 Å². The zero-order chi connectivity index (χ0) is 26.4. The van der Waals surface area contributed by atoms with Crippen molar-refractivity contribution < 1.29 is 9.13 Å². The number of aromatic nitrogens is 2. The van der Waals surface area contributed by atoms with Gasteiger partial charge in [-0.3, -0.25) is 10.0 Å². The molecule has 0 spiro atoms. The number of nitrogens with zero attached hydrogens (tertiary/aromatic N) is 6. The third kappa shape index (κ3) is 8.66. The van der Waals surface area contributed by atoms with E-state index < -0.39 is 0 Å². The first-order valence-corrected chi connectivity index (χ1v) is 13.3. The van der Waals surface area contributed by atoms with Crippen molar-refractivity contribution in [2.75, 3.05) is 24.1 Å². The molecule has 6 heteroatoms. The number of para-hydroxylation sites is 2. The molecular weight excluding hydrogens is 468 g/mol. The average Bonchev–Trinajstić information content (AvgIpc) is 2.98. The zero-order valence-corrected chi connectivity index (χ0v) is 22.5. The van der Waals surface area contributed by atoms with Crippen LogP contribution < -0.4 is 19.2 Å². The lowest BCUT2D eigenvalue weighted by atomic mass is 10.2. The third-order valence-electron chi connectivity index (χ3n) is 6.44. The lowest BCUT2D eigenvalue weighted by molar-refractivity contribution is -0.698. The fourth-order valence-electron chi connectivity index (χ4n) is 4.08. The quantitative estimate of drug-likeness (QED) is 0.105. The molecule has 0 saturated carbocycles. The van der Waals surface area contributed by atoms with E-state index in [0.717, 1.165) is 35.6 Å². The number of unbranched alkanes of at least 4 members (excludes halogenated alkanes) is 3. The van der Waals surface area contributed by atoms with Gasteiger partial charge in [0, 0.05) is 62.3 Å². The lowest BCUT2D eigenvalue weighted by Crippen LogP contribution is -2.33. The molecule has 0 amide bonds. The molecule has 0 aliphatic heterocycles. The van der Waals surface area contributed by atoms with E-state index in [1.54, 1.807) is 0 Å². The summed E-state index contributed by atoms with van der Waals surface area (Å²) in [5.41, 5.74) is 4.34. The molecule has 194 valence electrons. The molecule has 0 bridgehead atoms. The van der Waals surface area contributed by atoms with Gasteiger partial charge in [-0.25, -0.2) is 9.13 Å². The monoisotopic (exact) mass is 506 g/mol. The van der Waals surface area contributed by atoms with Gasteiger partial charge in [0.1, 0.15) is 13.1 Å². The minimum Gasteiger partial charge on any atom is -0.269 e. The Kier molecular flexibility index (Phi) is 10.2. The Balaban J connectivity index is 1.11. The normalized spacial score (nSPS) is 11.3. The van der Waals surface area contributed by atoms with Crippen molar-refractivity contribution >= 4 is 23.8 Å². The van der Waals surface area contributed by atoms with Crippen LogP contribution in [-0.4, -0.2) is 26.5 Å². The molecular formula is C32H38N6+2. The van der Waals surface area contributed by atoms with E-state index in [0.29, 0.717) is 0 Å². The van der Waals surface area contributed by atoms with E-state index in [1.165, 1.54) is 25.7 Å². The number of anilines is 2. The molecule has 4 aromatic rings. The fourth-order valence-corrected chi connectivity index (χ4v) is 4.08. The Hall–Kier alpha value is -4.32. The van der Waals surface area contributed by atoms with E-state index in [4.69, 9.17) is 0 Å². The highest BCUT2D eigenvalue weighted by molar-refractivity contribution is 5.80. The van der Waals surface area contributed by atoms with Crippen LogP contribution in [0.25, 0.3) is 0 Å². The maximum Gasteiger partial charge on any atom is 0.169 e. The number of hydrogen-bond donors (Lipinski definition) is 0. The first kappa shape index (κ1) is 26.7. The average molecular weight is 507 g/mol. The minimum absolute atomic E-state index is 1.04. The van der Waals surface area contributed by atoms with Crippen LogP contribution in [0.3, 0.4) is 0 Å². The molecule has 4 rings (SSSR count). The maximum absolute atomic E-state index is 4.54. The molecule has 0 fully saturated rings. The second-order valence-corrected chi connectivity index (χ2v) is 9.36. The summed E-state index contributed by atoms with van der Waals surface area (Å²) in [7, 11) is 3.93. The van der Waals surface area contributed by atoms with Crippen molar-refractivity contribution in [1.29, 1.82) is 0 Å². The topological polar surface area (TPSA) is 39.0 Å². The van der Waals surface area contributed by atoms with Crippen molar-refractivity contribution in [2.45, 2.75) is 38.8 Å². The van der Waals surface area contributed by atoms with Crippen LogP contribution in [0, 0.1) is 0 Å². The molecule has 0 aliphatic carbocycles. The van der Waals surface area contributed by atoms with Crippen molar-refractivity contribution in [3.8, 4) is 0 Å². The van der Waals surface area contributed by atoms with Crippen molar-refractivity contribution in [3.63, 3.8) is 0 Å². The molecule has 6 nitrogen and oxygen atoms in total. The number of rotatable bonds is 13. The van der Waals surface area contributed by atoms with Crippen LogP contribution in [0.5, 0.6) is 0 Å². The summed E-state index contributed by atoms with van der Waals surface area (Å²) in [6.07, 6.45) is 17.2. The first-order chi connectivity index (χ1) is 18.7. The van der Waals surface area contributed by atoms with Gasteiger partial charge in [-0.15, -0.1) is 0 Å². The second kappa shape index (κ2) is 14.4. The van der Waals surface area contributed by atoms with Gasteiger partial charge in [0.15, 0.2) is 24.8 Å². The molecule has 0 radical (unpaired) electrons. The van der Waals surface area contributed by atoms with Crippen LogP contribution in [0.4, 0.5) is 11.4 Å². The van der Waals surface area contributed by atoms with Crippen molar-refractivity contribution in [1.82, 2.24) is 0 Å². The third-order valence-corrected chi connectivity index (χ3v) is 6.44. The predicted octanol–water partition coefficient (Wildman–Crippen LogP) is 5.46. The lowest BCUT2D eigenvalue weighted by Gasteiger charge is -2.11. The molecule has 0 aliphatic rings. The molecule has 0 unspecified atom stereocenters. The number of benzene rings is 2. The Morgan fingerprint density at radius 1 is 0.526 bits per heavy atom. The summed E-state index contributed by atoms with van der Waals surface area (Å²) in [5, 5.41) is 12.8. The molecule has 2 aromatic heterocycles. The largest absolute Gasteiger partial charge is 0.269 e. The molecule has 0 N–H and O–H groups in total. The van der Waals surface area contributed by atoms with Gasteiger partial charge < -0.3 is 0 Å². The molecule has 2 aromatic carbocycles. The van der Waals surface area contributed by atoms with Gasteiger partial charge in [0.05, 0.1) is 23.8 Å². The number of hydrazone groups is 2. The Bertz CT molecular complexity index is 1170. The Labute approximate surface area is 226 Å². The summed E-state index contributed by atoms with van der Waals surface area (Å²) in [4.78, 5) is 0. The van der Waals surface area contributed by atoms with Gasteiger partial charge >= 0.3 is 0 Å². The van der Waals surface area contributed by atoms with E-state index in [9.17, 15) is 0 Å². The first-order valence-electron chi connectivity index (χ1n) is 13.3. The summed E-state index contributed by atoms with van der Waals surface area (Å²) in [5.74, 6) is 0. The standard InChI is InChI=1S/C32H38N6/c1-35(31-13-7-5-8-14-31)33-27-29-17-23-37(24-18-29)21-11-3-4-12-22-38-25-19-30(20-26-38)28-34-36(2)32-15-9-6-10-16-32/h5-10,13-20,23-28H,3-4,11-12,21-22H2,1-2H3/q+2. The van der Waals surface area contributed by atoms with E-state index in [2.05, 4.69) is 68.4 Å². The summed E-state index contributed by atoms with van der Waals surface area (Å²) >= 11 is 0. The van der Waals surface area contributed by atoms with E-state index in [-0.39, 0.29) is 0 Å². The van der Waals surface area contributed by atoms with Gasteiger partial charge in [0.25, 0.3) is 0 Å². The number of aryl methyl sites for hydroxylation is 2. The number of hydrogen-bond acceptors (Lipinski definition) is 4. The van der Waals surface area contributed by atoms with Crippen LogP contribution in [0.1, 0.15) is 36.8 Å². The van der Waals surface area contributed by atoms with E-state index >= 15 is 0 Å². The molecule has 2 heterocycles. The molecule has 0 saturated heterocycles.